The van der Waals surface area contributed by atoms with E-state index in [1.165, 1.54) is 5.57 Å². The van der Waals surface area contributed by atoms with E-state index in [1.54, 1.807) is 23.5 Å². The number of carbonyl (C=O) groups is 3. The van der Waals surface area contributed by atoms with Crippen molar-refractivity contribution < 1.29 is 23.9 Å². The van der Waals surface area contributed by atoms with Crippen molar-refractivity contribution in [1.82, 2.24) is 0 Å². The summed E-state index contributed by atoms with van der Waals surface area (Å²) in [6.07, 6.45) is -0.260. The topological polar surface area (TPSA) is 69.7 Å². The van der Waals surface area contributed by atoms with Crippen LogP contribution in [0.1, 0.15) is 12.8 Å². The van der Waals surface area contributed by atoms with E-state index in [4.69, 9.17) is 4.74 Å². The van der Waals surface area contributed by atoms with Gasteiger partial charge in [-0.1, -0.05) is 12.2 Å². The van der Waals surface area contributed by atoms with Crippen LogP contribution in [0.15, 0.2) is 12.2 Å². The zero-order chi connectivity index (χ0) is 14.5. The van der Waals surface area contributed by atoms with Crippen molar-refractivity contribution in [1.29, 1.82) is 0 Å². The average molecular weight is 316 g/mol. The van der Waals surface area contributed by atoms with Crippen molar-refractivity contribution in [3.63, 3.8) is 0 Å². The molecule has 1 unspecified atom stereocenters. The van der Waals surface area contributed by atoms with Crippen molar-refractivity contribution >= 4 is 41.4 Å². The van der Waals surface area contributed by atoms with E-state index in [2.05, 4.69) is 11.3 Å². The Morgan fingerprint density at radius 3 is 2.50 bits per heavy atom. The summed E-state index contributed by atoms with van der Waals surface area (Å²) in [6, 6.07) is 0. The molecule has 2 rings (SSSR count). The third-order valence-corrected chi connectivity index (χ3v) is 5.33. The van der Waals surface area contributed by atoms with Gasteiger partial charge in [-0.05, 0) is 0 Å². The first kappa shape index (κ1) is 15.4. The molecule has 0 bridgehead atoms. The summed E-state index contributed by atoms with van der Waals surface area (Å²) in [5.41, 5.74) is 1.19. The molecule has 2 fully saturated rings. The van der Waals surface area contributed by atoms with Crippen molar-refractivity contribution in [2.24, 2.45) is 5.92 Å². The summed E-state index contributed by atoms with van der Waals surface area (Å²) >= 11 is 3.39. The van der Waals surface area contributed by atoms with Crippen LogP contribution in [0.3, 0.4) is 0 Å². The SMILES string of the molecule is C=C1CSCC(OC(=O)CC2CC(=O)OC2=O)CSC1. The molecule has 0 aliphatic carbocycles. The third kappa shape index (κ3) is 4.56. The molecule has 2 saturated heterocycles. The van der Waals surface area contributed by atoms with E-state index < -0.39 is 23.8 Å². The third-order valence-electron chi connectivity index (χ3n) is 2.89. The van der Waals surface area contributed by atoms with Gasteiger partial charge in [0, 0.05) is 23.0 Å². The fourth-order valence-electron chi connectivity index (χ4n) is 1.94. The number of carbonyl (C=O) groups excluding carboxylic acids is 3. The first-order valence-corrected chi connectivity index (χ1v) is 8.61. The van der Waals surface area contributed by atoms with Crippen LogP contribution in [0, 0.1) is 5.92 Å². The molecule has 0 N–H and O–H groups in total. The lowest BCUT2D eigenvalue weighted by Crippen LogP contribution is -2.26. The molecule has 0 aromatic rings. The normalized spacial score (nSPS) is 25.0. The second-order valence-corrected chi connectivity index (χ2v) is 6.85. The second kappa shape index (κ2) is 7.17. The lowest BCUT2D eigenvalue weighted by molar-refractivity contribution is -0.156. The Kier molecular flexibility index (Phi) is 5.54. The molecule has 0 amide bonds. The molecule has 0 aromatic heterocycles. The van der Waals surface area contributed by atoms with E-state index >= 15 is 0 Å². The van der Waals surface area contributed by atoms with Gasteiger partial charge >= 0.3 is 17.9 Å². The van der Waals surface area contributed by atoms with Gasteiger partial charge in [-0.25, -0.2) is 0 Å². The van der Waals surface area contributed by atoms with Crippen LogP contribution in [-0.2, 0) is 23.9 Å². The first-order chi connectivity index (χ1) is 9.54. The van der Waals surface area contributed by atoms with Crippen LogP contribution in [0.5, 0.6) is 0 Å². The molecular weight excluding hydrogens is 300 g/mol. The smallest absolute Gasteiger partial charge is 0.317 e. The minimum atomic E-state index is -0.677. The minimum Gasteiger partial charge on any atom is -0.461 e. The molecule has 20 heavy (non-hydrogen) atoms. The van der Waals surface area contributed by atoms with Crippen molar-refractivity contribution in [2.75, 3.05) is 23.0 Å². The number of hydrogen-bond donors (Lipinski definition) is 0. The number of rotatable bonds is 3. The zero-order valence-electron chi connectivity index (χ0n) is 11.0. The lowest BCUT2D eigenvalue weighted by atomic mass is 10.0. The van der Waals surface area contributed by atoms with Crippen LogP contribution in [0.2, 0.25) is 0 Å². The molecular formula is C13H16O5S2. The fraction of sp³-hybridized carbons (Fsp3) is 0.615. The number of cyclic esters (lactones) is 2. The molecule has 110 valence electrons. The van der Waals surface area contributed by atoms with E-state index in [-0.39, 0.29) is 18.9 Å². The Balaban J connectivity index is 1.77. The summed E-state index contributed by atoms with van der Waals surface area (Å²) in [7, 11) is 0. The highest BCUT2D eigenvalue weighted by molar-refractivity contribution is 8.01. The molecule has 5 nitrogen and oxygen atoms in total. The standard InChI is InChI=1S/C13H16O5S2/c1-8-4-19-6-10(7-20-5-8)17-11(14)2-9-3-12(15)18-13(9)16/h9-10H,1-7H2. The molecule has 2 aliphatic rings. The summed E-state index contributed by atoms with van der Waals surface area (Å²) in [6.45, 7) is 3.95. The fourth-order valence-corrected chi connectivity index (χ4v) is 4.13. The Hall–Kier alpha value is -0.950. The van der Waals surface area contributed by atoms with Gasteiger partial charge in [0.25, 0.3) is 0 Å². The molecule has 0 aromatic carbocycles. The largest absolute Gasteiger partial charge is 0.461 e. The highest BCUT2D eigenvalue weighted by Gasteiger charge is 2.35. The summed E-state index contributed by atoms with van der Waals surface area (Å²) in [5.74, 6) is 0.913. The van der Waals surface area contributed by atoms with Gasteiger partial charge in [-0.3, -0.25) is 14.4 Å². The van der Waals surface area contributed by atoms with Crippen LogP contribution in [0.25, 0.3) is 0 Å². The van der Waals surface area contributed by atoms with Gasteiger partial charge < -0.3 is 9.47 Å². The monoisotopic (exact) mass is 316 g/mol. The predicted molar refractivity (Wildman–Crippen MR) is 77.5 cm³/mol. The quantitative estimate of drug-likeness (QED) is 0.443. The van der Waals surface area contributed by atoms with Crippen LogP contribution in [-0.4, -0.2) is 47.0 Å². The first-order valence-electron chi connectivity index (χ1n) is 6.30. The molecule has 2 aliphatic heterocycles. The van der Waals surface area contributed by atoms with Gasteiger partial charge in [-0.2, -0.15) is 23.5 Å². The van der Waals surface area contributed by atoms with Crippen LogP contribution < -0.4 is 0 Å². The molecule has 1 atom stereocenters. The van der Waals surface area contributed by atoms with E-state index in [9.17, 15) is 14.4 Å². The van der Waals surface area contributed by atoms with Crippen molar-refractivity contribution in [3.8, 4) is 0 Å². The van der Waals surface area contributed by atoms with E-state index in [0.29, 0.717) is 0 Å². The summed E-state index contributed by atoms with van der Waals surface area (Å²) in [4.78, 5) is 34.0. The van der Waals surface area contributed by atoms with Gasteiger partial charge in [-0.15, -0.1) is 0 Å². The maximum Gasteiger partial charge on any atom is 0.317 e. The van der Waals surface area contributed by atoms with Crippen LogP contribution >= 0.6 is 23.5 Å². The number of ether oxygens (including phenoxy) is 2. The maximum atomic E-state index is 11.8. The van der Waals surface area contributed by atoms with Crippen molar-refractivity contribution in [2.45, 2.75) is 18.9 Å². The van der Waals surface area contributed by atoms with E-state index in [1.807, 2.05) is 0 Å². The van der Waals surface area contributed by atoms with Gasteiger partial charge in [0.15, 0.2) is 0 Å². The number of thioether (sulfide) groups is 2. The Bertz CT molecular complexity index is 422. The summed E-state index contributed by atoms with van der Waals surface area (Å²) < 4.78 is 9.79. The minimum absolute atomic E-state index is 0.0259. The zero-order valence-corrected chi connectivity index (χ0v) is 12.6. The number of hydrogen-bond acceptors (Lipinski definition) is 7. The molecule has 0 radical (unpaired) electrons. The average Bonchev–Trinajstić information content (AvgIpc) is 2.64. The van der Waals surface area contributed by atoms with Crippen molar-refractivity contribution in [3.05, 3.63) is 12.2 Å². The molecule has 2 heterocycles. The van der Waals surface area contributed by atoms with E-state index in [0.717, 1.165) is 23.0 Å². The molecule has 0 spiro atoms. The highest BCUT2D eigenvalue weighted by Crippen LogP contribution is 2.23. The Labute approximate surface area is 125 Å². The summed E-state index contributed by atoms with van der Waals surface area (Å²) in [5, 5.41) is 0. The number of esters is 3. The predicted octanol–water partition coefficient (Wildman–Crippen LogP) is 1.41. The van der Waals surface area contributed by atoms with Gasteiger partial charge in [0.05, 0.1) is 18.8 Å². The Morgan fingerprint density at radius 2 is 1.95 bits per heavy atom. The molecule has 0 saturated carbocycles. The second-order valence-electron chi connectivity index (χ2n) is 4.79. The maximum absolute atomic E-state index is 11.8. The molecule has 7 heteroatoms. The van der Waals surface area contributed by atoms with Crippen LogP contribution in [0.4, 0.5) is 0 Å². The highest BCUT2D eigenvalue weighted by atomic mass is 32.2. The Morgan fingerprint density at radius 1 is 1.30 bits per heavy atom. The van der Waals surface area contributed by atoms with Gasteiger partial charge in [0.1, 0.15) is 6.10 Å². The van der Waals surface area contributed by atoms with Gasteiger partial charge in [0.2, 0.25) is 0 Å². The lowest BCUT2D eigenvalue weighted by Gasteiger charge is -2.20.